The largest absolute Gasteiger partial charge is 0.502 e. The number of phenolic OH excluding ortho intramolecular Hbond substituents is 1. The Bertz CT molecular complexity index is 1150. The molecule has 1 aromatic heterocycles. The number of hydrogen-bond acceptors (Lipinski definition) is 7. The molecule has 0 fully saturated rings. The lowest BCUT2D eigenvalue weighted by Gasteiger charge is -2.23. The van der Waals surface area contributed by atoms with Gasteiger partial charge < -0.3 is 19.9 Å². The van der Waals surface area contributed by atoms with Crippen molar-refractivity contribution in [3.63, 3.8) is 0 Å². The van der Waals surface area contributed by atoms with Crippen molar-refractivity contribution in [2.45, 2.75) is 11.3 Å². The molecule has 0 aliphatic carbocycles. The van der Waals surface area contributed by atoms with E-state index in [9.17, 15) is 9.90 Å². The minimum atomic E-state index is -0.524. The molecule has 3 aromatic rings. The molecule has 30 heavy (non-hydrogen) atoms. The third kappa shape index (κ3) is 3.37. The summed E-state index contributed by atoms with van der Waals surface area (Å²) in [6, 6.07) is 10.9. The first-order valence-corrected chi connectivity index (χ1v) is 10.2. The minimum absolute atomic E-state index is 0.0914. The highest BCUT2D eigenvalue weighted by atomic mass is 32.2. The van der Waals surface area contributed by atoms with Crippen LogP contribution in [0.3, 0.4) is 0 Å². The molecule has 0 saturated heterocycles. The number of aromatic nitrogens is 3. The van der Waals surface area contributed by atoms with Gasteiger partial charge in [-0.2, -0.15) is 0 Å². The average molecular weight is 425 g/mol. The highest BCUT2D eigenvalue weighted by Crippen LogP contribution is 2.40. The number of hydrogen-bond donors (Lipinski definition) is 3. The van der Waals surface area contributed by atoms with Gasteiger partial charge in [0.15, 0.2) is 11.5 Å². The number of aromatic amines is 1. The zero-order valence-electron chi connectivity index (χ0n) is 16.5. The number of fused-ring (bicyclic) bond motifs is 3. The first-order chi connectivity index (χ1) is 14.6. The summed E-state index contributed by atoms with van der Waals surface area (Å²) < 4.78 is 12.3. The number of rotatable bonds is 6. The topological polar surface area (TPSA) is 100 Å². The van der Waals surface area contributed by atoms with Gasteiger partial charge in [0.25, 0.3) is 6.17 Å². The van der Waals surface area contributed by atoms with Crippen molar-refractivity contribution in [3.8, 4) is 28.5 Å². The van der Waals surface area contributed by atoms with Gasteiger partial charge in [0.2, 0.25) is 10.9 Å². The summed E-state index contributed by atoms with van der Waals surface area (Å²) in [6.45, 7) is 3.71. The predicted molar refractivity (Wildman–Crippen MR) is 114 cm³/mol. The van der Waals surface area contributed by atoms with E-state index in [-0.39, 0.29) is 22.8 Å². The SMILES string of the molecule is C=CCSc1n[n+]2c(c(=O)[nH]1)-c1ccccc1N[C@@H]2c1cc(OC)c(O)c(OC)c1. The molecule has 0 unspecified atom stereocenters. The number of H-pyrrole nitrogens is 1. The first kappa shape index (κ1) is 19.8. The summed E-state index contributed by atoms with van der Waals surface area (Å²) in [5.41, 5.74) is 2.45. The van der Waals surface area contributed by atoms with Crippen LogP contribution in [0.1, 0.15) is 11.7 Å². The van der Waals surface area contributed by atoms with E-state index in [1.165, 1.54) is 26.0 Å². The van der Waals surface area contributed by atoms with Gasteiger partial charge in [-0.15, -0.1) is 6.58 Å². The number of nitrogens with zero attached hydrogens (tertiary/aromatic N) is 2. The van der Waals surface area contributed by atoms with Crippen molar-refractivity contribution < 1.29 is 19.3 Å². The van der Waals surface area contributed by atoms with Gasteiger partial charge in [-0.1, -0.05) is 30.0 Å². The minimum Gasteiger partial charge on any atom is -0.502 e. The quantitative estimate of drug-likeness (QED) is 0.317. The zero-order valence-corrected chi connectivity index (χ0v) is 17.3. The van der Waals surface area contributed by atoms with Crippen molar-refractivity contribution in [3.05, 3.63) is 65.0 Å². The van der Waals surface area contributed by atoms with Crippen LogP contribution in [0.5, 0.6) is 17.2 Å². The van der Waals surface area contributed by atoms with Crippen LogP contribution in [0, 0.1) is 0 Å². The normalized spacial score (nSPS) is 14.3. The monoisotopic (exact) mass is 425 g/mol. The van der Waals surface area contributed by atoms with Gasteiger partial charge in [-0.05, 0) is 28.9 Å². The van der Waals surface area contributed by atoms with Crippen molar-refractivity contribution in [1.29, 1.82) is 0 Å². The van der Waals surface area contributed by atoms with Gasteiger partial charge in [0.1, 0.15) is 0 Å². The molecule has 0 radical (unpaired) electrons. The number of methoxy groups -OCH3 is 2. The highest BCUT2D eigenvalue weighted by molar-refractivity contribution is 7.99. The van der Waals surface area contributed by atoms with Crippen molar-refractivity contribution in [1.82, 2.24) is 10.1 Å². The van der Waals surface area contributed by atoms with E-state index in [2.05, 4.69) is 22.0 Å². The number of nitrogens with one attached hydrogen (secondary N) is 2. The molecule has 0 saturated carbocycles. The number of benzene rings is 2. The summed E-state index contributed by atoms with van der Waals surface area (Å²) in [6.07, 6.45) is 1.22. The Kier molecular flexibility index (Phi) is 5.37. The molecule has 1 atom stereocenters. The molecule has 1 aliphatic heterocycles. The maximum atomic E-state index is 13.0. The lowest BCUT2D eigenvalue weighted by Crippen LogP contribution is -2.55. The third-order valence-electron chi connectivity index (χ3n) is 4.74. The van der Waals surface area contributed by atoms with E-state index in [4.69, 9.17) is 9.47 Å². The Morgan fingerprint density at radius 1 is 1.27 bits per heavy atom. The highest BCUT2D eigenvalue weighted by Gasteiger charge is 2.38. The Labute approximate surface area is 177 Å². The van der Waals surface area contributed by atoms with Gasteiger partial charge in [-0.25, -0.2) is 0 Å². The molecule has 2 heterocycles. The molecule has 1 aliphatic rings. The second-order valence-corrected chi connectivity index (χ2v) is 7.53. The maximum absolute atomic E-state index is 13.0. The van der Waals surface area contributed by atoms with E-state index in [1.807, 2.05) is 24.3 Å². The molecule has 0 bridgehead atoms. The zero-order chi connectivity index (χ0) is 21.3. The summed E-state index contributed by atoms with van der Waals surface area (Å²) in [5, 5.41) is 18.9. The number of aromatic hydroxyl groups is 1. The second kappa shape index (κ2) is 8.11. The molecule has 8 nitrogen and oxygen atoms in total. The van der Waals surface area contributed by atoms with Gasteiger partial charge in [0, 0.05) is 10.9 Å². The summed E-state index contributed by atoms with van der Waals surface area (Å²) in [4.78, 5) is 15.9. The van der Waals surface area contributed by atoms with Crippen LogP contribution < -0.4 is 25.0 Å². The summed E-state index contributed by atoms with van der Waals surface area (Å²) in [5.74, 6) is 1.04. The Balaban J connectivity index is 1.95. The lowest BCUT2D eigenvalue weighted by molar-refractivity contribution is -0.759. The van der Waals surface area contributed by atoms with E-state index in [1.54, 1.807) is 22.9 Å². The number of para-hydroxylation sites is 1. The summed E-state index contributed by atoms with van der Waals surface area (Å²) in [7, 11) is 2.94. The Morgan fingerprint density at radius 3 is 2.63 bits per heavy atom. The number of thioether (sulfide) groups is 1. The molecule has 4 rings (SSSR count). The first-order valence-electron chi connectivity index (χ1n) is 9.18. The average Bonchev–Trinajstić information content (AvgIpc) is 2.77. The molecule has 154 valence electrons. The van der Waals surface area contributed by atoms with Gasteiger partial charge >= 0.3 is 11.3 Å². The number of ether oxygens (including phenoxy) is 2. The molecule has 0 amide bonds. The third-order valence-corrected chi connectivity index (χ3v) is 5.60. The predicted octanol–water partition coefficient (Wildman–Crippen LogP) is 2.70. The van der Waals surface area contributed by atoms with E-state index >= 15 is 0 Å². The number of phenols is 1. The lowest BCUT2D eigenvalue weighted by atomic mass is 10.0. The second-order valence-electron chi connectivity index (χ2n) is 6.52. The van der Waals surface area contributed by atoms with Crippen LogP contribution in [0.25, 0.3) is 11.3 Å². The fourth-order valence-electron chi connectivity index (χ4n) is 3.39. The fraction of sp³-hybridized carbons (Fsp3) is 0.190. The molecule has 2 aromatic carbocycles. The number of anilines is 1. The Hall–Kier alpha value is -3.46. The van der Waals surface area contributed by atoms with Crippen LogP contribution in [-0.2, 0) is 0 Å². The van der Waals surface area contributed by atoms with Crippen LogP contribution in [0.15, 0.2) is 59.0 Å². The van der Waals surface area contributed by atoms with Gasteiger partial charge in [-0.3, -0.25) is 9.78 Å². The van der Waals surface area contributed by atoms with Crippen molar-refractivity contribution in [2.24, 2.45) is 0 Å². The smallest absolute Gasteiger partial charge is 0.325 e. The maximum Gasteiger partial charge on any atom is 0.325 e. The summed E-state index contributed by atoms with van der Waals surface area (Å²) >= 11 is 1.38. The van der Waals surface area contributed by atoms with Crippen LogP contribution >= 0.6 is 11.8 Å². The standard InChI is InChI=1S/C21H20N4O4S/c1-4-9-30-21-23-20(27)17-13-7-5-6-8-14(13)22-19(25(17)24-21)12-10-15(28-2)18(26)16(11-12)29-3/h4-8,10-11,19H,1,9H2,2-3H3,(H2,23,24,26,27)/p+1/t19-/m0/s1. The molecule has 9 heteroatoms. The molecule has 0 spiro atoms. The van der Waals surface area contributed by atoms with E-state index in [0.29, 0.717) is 22.2 Å². The van der Waals surface area contributed by atoms with Crippen LogP contribution in [0.4, 0.5) is 5.69 Å². The van der Waals surface area contributed by atoms with E-state index < -0.39 is 6.17 Å². The van der Waals surface area contributed by atoms with Crippen LogP contribution in [-0.4, -0.2) is 35.2 Å². The van der Waals surface area contributed by atoms with Gasteiger partial charge in [0.05, 0.1) is 31.0 Å². The fourth-order valence-corrected chi connectivity index (χ4v) is 3.97. The van der Waals surface area contributed by atoms with Crippen LogP contribution in [0.2, 0.25) is 0 Å². The van der Waals surface area contributed by atoms with Crippen molar-refractivity contribution >= 4 is 17.4 Å². The molecule has 3 N–H and O–H groups in total. The van der Waals surface area contributed by atoms with E-state index in [0.717, 1.165) is 11.3 Å². The molecular weight excluding hydrogens is 404 g/mol. The Morgan fingerprint density at radius 2 is 1.97 bits per heavy atom. The molecular formula is C21H21N4O4S+. The van der Waals surface area contributed by atoms with Crippen molar-refractivity contribution in [2.75, 3.05) is 25.3 Å².